The number of anilines is 1. The third-order valence-electron chi connectivity index (χ3n) is 3.95. The Bertz CT molecular complexity index is 528. The standard InChI is InChI=1S/C15H21N5/c1-19-9-2-4-14(19)12-18-13-5-10-20(11-6-13)15-16-7-3-8-17-15/h2-4,7-9,13,18H,5-6,10-12H2,1H3. The van der Waals surface area contributed by atoms with Crippen LogP contribution in [0.25, 0.3) is 0 Å². The van der Waals surface area contributed by atoms with Crippen molar-refractivity contribution in [3.8, 4) is 0 Å². The molecule has 0 aromatic carbocycles. The minimum Gasteiger partial charge on any atom is -0.353 e. The third-order valence-corrected chi connectivity index (χ3v) is 3.95. The van der Waals surface area contributed by atoms with Gasteiger partial charge in [-0.3, -0.25) is 0 Å². The Kier molecular flexibility index (Phi) is 3.97. The summed E-state index contributed by atoms with van der Waals surface area (Å²) in [4.78, 5) is 10.9. The second kappa shape index (κ2) is 6.05. The number of hydrogen-bond acceptors (Lipinski definition) is 4. The van der Waals surface area contributed by atoms with Gasteiger partial charge in [0.15, 0.2) is 0 Å². The van der Waals surface area contributed by atoms with Gasteiger partial charge in [-0.2, -0.15) is 0 Å². The van der Waals surface area contributed by atoms with Crippen LogP contribution in [0.2, 0.25) is 0 Å². The zero-order valence-electron chi connectivity index (χ0n) is 11.9. The highest BCUT2D eigenvalue weighted by molar-refractivity contribution is 5.29. The zero-order chi connectivity index (χ0) is 13.8. The molecular formula is C15H21N5. The van der Waals surface area contributed by atoms with Gasteiger partial charge in [-0.15, -0.1) is 0 Å². The lowest BCUT2D eigenvalue weighted by Gasteiger charge is -2.32. The molecule has 0 amide bonds. The molecule has 106 valence electrons. The van der Waals surface area contributed by atoms with E-state index in [-0.39, 0.29) is 0 Å². The van der Waals surface area contributed by atoms with Crippen molar-refractivity contribution in [3.05, 3.63) is 42.5 Å². The molecule has 5 nitrogen and oxygen atoms in total. The Labute approximate surface area is 119 Å². The maximum Gasteiger partial charge on any atom is 0.225 e. The first kappa shape index (κ1) is 13.1. The molecule has 0 radical (unpaired) electrons. The summed E-state index contributed by atoms with van der Waals surface area (Å²) in [6.45, 7) is 2.99. The topological polar surface area (TPSA) is 46.0 Å². The highest BCUT2D eigenvalue weighted by Gasteiger charge is 2.20. The molecule has 0 atom stereocenters. The van der Waals surface area contributed by atoms with Gasteiger partial charge in [-0.1, -0.05) is 0 Å². The summed E-state index contributed by atoms with van der Waals surface area (Å²) in [5.74, 6) is 0.855. The van der Waals surface area contributed by atoms with E-state index >= 15 is 0 Å². The van der Waals surface area contributed by atoms with E-state index in [9.17, 15) is 0 Å². The molecule has 0 bridgehead atoms. The summed E-state index contributed by atoms with van der Waals surface area (Å²) in [6.07, 6.45) is 7.99. The summed E-state index contributed by atoms with van der Waals surface area (Å²) >= 11 is 0. The van der Waals surface area contributed by atoms with Crippen LogP contribution in [-0.4, -0.2) is 33.7 Å². The number of piperidine rings is 1. The predicted octanol–water partition coefficient (Wildman–Crippen LogP) is 1.57. The van der Waals surface area contributed by atoms with Crippen LogP contribution in [0.15, 0.2) is 36.8 Å². The Hall–Kier alpha value is -1.88. The lowest BCUT2D eigenvalue weighted by Crippen LogP contribution is -2.43. The average molecular weight is 271 g/mol. The molecule has 1 saturated heterocycles. The first-order valence-electron chi connectivity index (χ1n) is 7.18. The normalized spacial score (nSPS) is 16.6. The van der Waals surface area contributed by atoms with Crippen LogP contribution in [0.5, 0.6) is 0 Å². The van der Waals surface area contributed by atoms with Gasteiger partial charge in [-0.05, 0) is 31.0 Å². The molecule has 20 heavy (non-hydrogen) atoms. The van der Waals surface area contributed by atoms with E-state index in [1.165, 1.54) is 5.69 Å². The molecule has 1 aliphatic rings. The Balaban J connectivity index is 1.48. The van der Waals surface area contributed by atoms with Crippen LogP contribution in [-0.2, 0) is 13.6 Å². The molecule has 1 N–H and O–H groups in total. The van der Waals surface area contributed by atoms with E-state index in [4.69, 9.17) is 0 Å². The van der Waals surface area contributed by atoms with Crippen molar-refractivity contribution >= 4 is 5.95 Å². The average Bonchev–Trinajstić information content (AvgIpc) is 2.92. The quantitative estimate of drug-likeness (QED) is 0.917. The van der Waals surface area contributed by atoms with Crippen LogP contribution < -0.4 is 10.2 Å². The number of aromatic nitrogens is 3. The molecule has 3 heterocycles. The molecule has 0 unspecified atom stereocenters. The van der Waals surface area contributed by atoms with Gasteiger partial charge < -0.3 is 14.8 Å². The van der Waals surface area contributed by atoms with Crippen molar-refractivity contribution < 1.29 is 0 Å². The fourth-order valence-corrected chi connectivity index (χ4v) is 2.67. The van der Waals surface area contributed by atoms with Gasteiger partial charge in [0.25, 0.3) is 0 Å². The second-order valence-electron chi connectivity index (χ2n) is 5.30. The van der Waals surface area contributed by atoms with E-state index in [0.29, 0.717) is 6.04 Å². The number of nitrogens with one attached hydrogen (secondary N) is 1. The van der Waals surface area contributed by atoms with E-state index in [0.717, 1.165) is 38.4 Å². The molecule has 0 saturated carbocycles. The zero-order valence-corrected chi connectivity index (χ0v) is 11.9. The van der Waals surface area contributed by atoms with Crippen LogP contribution >= 0.6 is 0 Å². The van der Waals surface area contributed by atoms with Crippen molar-refractivity contribution in [2.24, 2.45) is 7.05 Å². The van der Waals surface area contributed by atoms with Gasteiger partial charge in [0.2, 0.25) is 5.95 Å². The smallest absolute Gasteiger partial charge is 0.225 e. The fraction of sp³-hybridized carbons (Fsp3) is 0.467. The summed E-state index contributed by atoms with van der Waals surface area (Å²) in [5.41, 5.74) is 1.33. The molecule has 3 rings (SSSR count). The molecule has 0 aliphatic carbocycles. The van der Waals surface area contributed by atoms with Gasteiger partial charge >= 0.3 is 0 Å². The second-order valence-corrected chi connectivity index (χ2v) is 5.30. The van der Waals surface area contributed by atoms with Crippen molar-refractivity contribution in [2.75, 3.05) is 18.0 Å². The Morgan fingerprint density at radius 3 is 2.60 bits per heavy atom. The molecule has 2 aromatic heterocycles. The van der Waals surface area contributed by atoms with E-state index in [2.05, 4.69) is 50.1 Å². The largest absolute Gasteiger partial charge is 0.353 e. The molecule has 0 spiro atoms. The highest BCUT2D eigenvalue weighted by Crippen LogP contribution is 2.15. The lowest BCUT2D eigenvalue weighted by molar-refractivity contribution is 0.407. The Morgan fingerprint density at radius 1 is 1.20 bits per heavy atom. The third kappa shape index (κ3) is 2.99. The summed E-state index contributed by atoms with van der Waals surface area (Å²) in [6, 6.07) is 6.70. The van der Waals surface area contributed by atoms with E-state index in [1.807, 2.05) is 18.5 Å². The SMILES string of the molecule is Cn1cccc1CNC1CCN(c2ncccn2)CC1. The predicted molar refractivity (Wildman–Crippen MR) is 79.5 cm³/mol. The van der Waals surface area contributed by atoms with Crippen LogP contribution in [0, 0.1) is 0 Å². The number of aryl methyl sites for hydroxylation is 1. The first-order valence-corrected chi connectivity index (χ1v) is 7.18. The maximum atomic E-state index is 4.32. The van der Waals surface area contributed by atoms with Crippen LogP contribution in [0.3, 0.4) is 0 Å². The van der Waals surface area contributed by atoms with Crippen molar-refractivity contribution in [1.29, 1.82) is 0 Å². The van der Waals surface area contributed by atoms with Crippen LogP contribution in [0.4, 0.5) is 5.95 Å². The molecule has 5 heteroatoms. The van der Waals surface area contributed by atoms with E-state index < -0.39 is 0 Å². The molecule has 1 fully saturated rings. The maximum absolute atomic E-state index is 4.32. The number of nitrogens with zero attached hydrogens (tertiary/aromatic N) is 4. The number of rotatable bonds is 4. The van der Waals surface area contributed by atoms with Gasteiger partial charge in [0.05, 0.1) is 0 Å². The summed E-state index contributed by atoms with van der Waals surface area (Å²) < 4.78 is 2.17. The highest BCUT2D eigenvalue weighted by atomic mass is 15.3. The summed E-state index contributed by atoms with van der Waals surface area (Å²) in [7, 11) is 2.09. The van der Waals surface area contributed by atoms with Crippen molar-refractivity contribution in [3.63, 3.8) is 0 Å². The molecular weight excluding hydrogens is 250 g/mol. The van der Waals surface area contributed by atoms with Gasteiger partial charge in [0.1, 0.15) is 0 Å². The first-order chi connectivity index (χ1) is 9.83. The Morgan fingerprint density at radius 2 is 1.95 bits per heavy atom. The summed E-state index contributed by atoms with van der Waals surface area (Å²) in [5, 5.41) is 3.65. The lowest BCUT2D eigenvalue weighted by atomic mass is 10.1. The minimum atomic E-state index is 0.588. The van der Waals surface area contributed by atoms with Crippen molar-refractivity contribution in [2.45, 2.75) is 25.4 Å². The van der Waals surface area contributed by atoms with Gasteiger partial charge in [-0.25, -0.2) is 9.97 Å². The van der Waals surface area contributed by atoms with Crippen molar-refractivity contribution in [1.82, 2.24) is 19.9 Å². The monoisotopic (exact) mass is 271 g/mol. The van der Waals surface area contributed by atoms with Gasteiger partial charge in [0, 0.05) is 57.0 Å². The minimum absolute atomic E-state index is 0.588. The van der Waals surface area contributed by atoms with Crippen LogP contribution in [0.1, 0.15) is 18.5 Å². The molecule has 1 aliphatic heterocycles. The van der Waals surface area contributed by atoms with E-state index in [1.54, 1.807) is 0 Å². The molecule has 2 aromatic rings. The fourth-order valence-electron chi connectivity index (χ4n) is 2.67. The number of hydrogen-bond donors (Lipinski definition) is 1.